The van der Waals surface area contributed by atoms with Gasteiger partial charge >= 0.3 is 5.69 Å². The van der Waals surface area contributed by atoms with Crippen molar-refractivity contribution in [3.8, 4) is 17.2 Å². The molecule has 2 heterocycles. The van der Waals surface area contributed by atoms with Crippen molar-refractivity contribution in [2.24, 2.45) is 0 Å². The number of ether oxygens (including phenoxy) is 1. The Bertz CT molecular complexity index is 894. The molecule has 0 fully saturated rings. The molecule has 2 aromatic heterocycles. The molecule has 0 atom stereocenters. The lowest BCUT2D eigenvalue weighted by Crippen LogP contribution is -2.11. The van der Waals surface area contributed by atoms with E-state index in [-0.39, 0.29) is 28.9 Å². The zero-order valence-corrected chi connectivity index (χ0v) is 14.0. The molecule has 3 aromatic rings. The average molecular weight is 355 g/mol. The van der Waals surface area contributed by atoms with E-state index in [4.69, 9.17) is 14.9 Å². The molecule has 0 aliphatic heterocycles. The summed E-state index contributed by atoms with van der Waals surface area (Å²) in [5, 5.41) is 14.5. The number of nitrogens with zero attached hydrogens (tertiary/aromatic N) is 3. The molecular formula is C17H17N5O4. The molecule has 9 nitrogen and oxygen atoms in total. The quantitative estimate of drug-likeness (QED) is 0.489. The van der Waals surface area contributed by atoms with Crippen LogP contribution in [0.25, 0.3) is 11.5 Å². The molecule has 9 heteroatoms. The summed E-state index contributed by atoms with van der Waals surface area (Å²) in [6.45, 7) is 0.432. The maximum atomic E-state index is 11.5. The summed E-state index contributed by atoms with van der Waals surface area (Å²) in [5.41, 5.74) is 6.53. The Hall–Kier alpha value is -3.62. The van der Waals surface area contributed by atoms with Crippen LogP contribution in [-0.4, -0.2) is 28.5 Å². The summed E-state index contributed by atoms with van der Waals surface area (Å²) in [6, 6.07) is 10.8. The molecule has 0 spiro atoms. The van der Waals surface area contributed by atoms with Gasteiger partial charge in [-0.2, -0.15) is 4.98 Å². The van der Waals surface area contributed by atoms with Gasteiger partial charge in [0.25, 0.3) is 0 Å². The van der Waals surface area contributed by atoms with Crippen LogP contribution in [0.3, 0.4) is 0 Å². The maximum Gasteiger partial charge on any atom is 0.340 e. The zero-order valence-electron chi connectivity index (χ0n) is 14.0. The van der Waals surface area contributed by atoms with Crippen LogP contribution >= 0.6 is 0 Å². The SMILES string of the molecule is COc1ccc(CCNc2nc(N)nc(-c3ccco3)c2[N+](=O)[O-])cc1. The average Bonchev–Trinajstić information content (AvgIpc) is 3.16. The van der Waals surface area contributed by atoms with Gasteiger partial charge in [0.1, 0.15) is 5.75 Å². The van der Waals surface area contributed by atoms with Crippen LogP contribution < -0.4 is 15.8 Å². The summed E-state index contributed by atoms with van der Waals surface area (Å²) in [4.78, 5) is 18.9. The lowest BCUT2D eigenvalue weighted by atomic mass is 10.1. The predicted octanol–water partition coefficient (Wildman–Crippen LogP) is 2.89. The molecule has 26 heavy (non-hydrogen) atoms. The smallest absolute Gasteiger partial charge is 0.340 e. The van der Waals surface area contributed by atoms with E-state index < -0.39 is 4.92 Å². The number of nitrogens with two attached hydrogens (primary N) is 1. The number of nitrogen functional groups attached to an aromatic ring is 1. The monoisotopic (exact) mass is 355 g/mol. The number of furan rings is 1. The van der Waals surface area contributed by atoms with Gasteiger partial charge in [0.2, 0.25) is 11.8 Å². The first-order chi connectivity index (χ1) is 12.6. The third-order valence-corrected chi connectivity index (χ3v) is 3.70. The Morgan fingerprint density at radius 2 is 2.04 bits per heavy atom. The first-order valence-corrected chi connectivity index (χ1v) is 7.81. The number of rotatable bonds is 7. The molecule has 0 amide bonds. The van der Waals surface area contributed by atoms with E-state index >= 15 is 0 Å². The Labute approximate surface area is 149 Å². The largest absolute Gasteiger partial charge is 0.497 e. The lowest BCUT2D eigenvalue weighted by Gasteiger charge is -2.09. The summed E-state index contributed by atoms with van der Waals surface area (Å²) in [6.07, 6.45) is 2.05. The van der Waals surface area contributed by atoms with Gasteiger partial charge in [-0.1, -0.05) is 12.1 Å². The summed E-state index contributed by atoms with van der Waals surface area (Å²) in [5.74, 6) is 1.00. The Morgan fingerprint density at radius 3 is 2.65 bits per heavy atom. The van der Waals surface area contributed by atoms with Crippen LogP contribution in [0.5, 0.6) is 5.75 Å². The minimum atomic E-state index is -0.549. The minimum absolute atomic E-state index is 0.0412. The van der Waals surface area contributed by atoms with Gasteiger partial charge in [-0.15, -0.1) is 0 Å². The molecule has 1 aromatic carbocycles. The van der Waals surface area contributed by atoms with Crippen molar-refractivity contribution in [2.45, 2.75) is 6.42 Å². The van der Waals surface area contributed by atoms with E-state index in [2.05, 4.69) is 15.3 Å². The number of nitrogens with one attached hydrogen (secondary N) is 1. The van der Waals surface area contributed by atoms with Gasteiger partial charge in [0.15, 0.2) is 11.5 Å². The number of nitro groups is 1. The van der Waals surface area contributed by atoms with Gasteiger partial charge < -0.3 is 20.2 Å². The Balaban J connectivity index is 1.81. The number of methoxy groups -OCH3 is 1. The topological polar surface area (TPSA) is 129 Å². The van der Waals surface area contributed by atoms with Crippen LogP contribution in [0, 0.1) is 10.1 Å². The fourth-order valence-electron chi connectivity index (χ4n) is 2.47. The molecule has 0 saturated heterocycles. The maximum absolute atomic E-state index is 11.5. The second-order valence-corrected chi connectivity index (χ2v) is 5.39. The van der Waals surface area contributed by atoms with Gasteiger partial charge in [0, 0.05) is 6.54 Å². The second-order valence-electron chi connectivity index (χ2n) is 5.39. The van der Waals surface area contributed by atoms with Crippen LogP contribution in [0.2, 0.25) is 0 Å². The van der Waals surface area contributed by atoms with Crippen LogP contribution in [0.1, 0.15) is 5.56 Å². The van der Waals surface area contributed by atoms with Crippen molar-refractivity contribution < 1.29 is 14.1 Å². The molecule has 0 aliphatic rings. The highest BCUT2D eigenvalue weighted by Crippen LogP contribution is 2.34. The van der Waals surface area contributed by atoms with Crippen molar-refractivity contribution >= 4 is 17.5 Å². The predicted molar refractivity (Wildman–Crippen MR) is 96.0 cm³/mol. The fourth-order valence-corrected chi connectivity index (χ4v) is 2.47. The van der Waals surface area contributed by atoms with E-state index in [9.17, 15) is 10.1 Å². The van der Waals surface area contributed by atoms with Crippen molar-refractivity contribution in [1.82, 2.24) is 9.97 Å². The standard InChI is InChI=1S/C17H17N5O4/c1-25-12-6-4-11(5-7-12)8-9-19-16-15(22(23)24)14(20-17(18)21-16)13-3-2-10-26-13/h2-7,10H,8-9H2,1H3,(H3,18,19,20,21). The molecule has 3 rings (SSSR count). The molecule has 0 aliphatic carbocycles. The van der Waals surface area contributed by atoms with Gasteiger partial charge in [-0.25, -0.2) is 4.98 Å². The fraction of sp³-hybridized carbons (Fsp3) is 0.176. The Morgan fingerprint density at radius 1 is 1.27 bits per heavy atom. The minimum Gasteiger partial charge on any atom is -0.497 e. The van der Waals surface area contributed by atoms with Gasteiger partial charge in [-0.05, 0) is 36.2 Å². The van der Waals surface area contributed by atoms with Gasteiger partial charge in [-0.3, -0.25) is 10.1 Å². The normalized spacial score (nSPS) is 10.5. The first kappa shape index (κ1) is 17.2. The molecule has 0 bridgehead atoms. The molecular weight excluding hydrogens is 338 g/mol. The van der Waals surface area contributed by atoms with Crippen molar-refractivity contribution in [2.75, 3.05) is 24.7 Å². The third-order valence-electron chi connectivity index (χ3n) is 3.70. The van der Waals surface area contributed by atoms with Gasteiger partial charge in [0.05, 0.1) is 18.3 Å². The van der Waals surface area contributed by atoms with Crippen LogP contribution in [0.15, 0.2) is 47.1 Å². The van der Waals surface area contributed by atoms with Crippen molar-refractivity contribution in [3.05, 3.63) is 58.3 Å². The summed E-state index contributed by atoms with van der Waals surface area (Å²) in [7, 11) is 1.60. The molecule has 0 radical (unpaired) electrons. The first-order valence-electron chi connectivity index (χ1n) is 7.81. The van der Waals surface area contributed by atoms with E-state index in [0.29, 0.717) is 13.0 Å². The van der Waals surface area contributed by atoms with E-state index in [1.807, 2.05) is 24.3 Å². The number of benzene rings is 1. The summed E-state index contributed by atoms with van der Waals surface area (Å²) < 4.78 is 10.3. The highest BCUT2D eigenvalue weighted by atomic mass is 16.6. The lowest BCUT2D eigenvalue weighted by molar-refractivity contribution is -0.383. The van der Waals surface area contributed by atoms with Crippen molar-refractivity contribution in [3.63, 3.8) is 0 Å². The molecule has 134 valence electrons. The van der Waals surface area contributed by atoms with Crippen molar-refractivity contribution in [1.29, 1.82) is 0 Å². The molecule has 0 unspecified atom stereocenters. The number of hydrogen-bond donors (Lipinski definition) is 2. The highest BCUT2D eigenvalue weighted by molar-refractivity contribution is 5.75. The van der Waals surface area contributed by atoms with E-state index in [0.717, 1.165) is 11.3 Å². The van der Waals surface area contributed by atoms with E-state index in [1.54, 1.807) is 19.2 Å². The van der Waals surface area contributed by atoms with E-state index in [1.165, 1.54) is 6.26 Å². The highest BCUT2D eigenvalue weighted by Gasteiger charge is 2.26. The third kappa shape index (κ3) is 3.72. The summed E-state index contributed by atoms with van der Waals surface area (Å²) >= 11 is 0. The number of hydrogen-bond acceptors (Lipinski definition) is 8. The zero-order chi connectivity index (χ0) is 18.5. The Kier molecular flexibility index (Phi) is 4.97. The van der Waals surface area contributed by atoms with Crippen LogP contribution in [0.4, 0.5) is 17.5 Å². The second kappa shape index (κ2) is 7.51. The molecule has 3 N–H and O–H groups in total. The number of aromatic nitrogens is 2. The molecule has 0 saturated carbocycles. The number of anilines is 2. The van der Waals surface area contributed by atoms with Crippen LogP contribution in [-0.2, 0) is 6.42 Å².